The summed E-state index contributed by atoms with van der Waals surface area (Å²) in [5, 5.41) is 1.85. The third-order valence-corrected chi connectivity index (χ3v) is 2.11. The Bertz CT molecular complexity index is 460. The number of nitrogens with zero attached hydrogens (tertiary/aromatic N) is 3. The van der Waals surface area contributed by atoms with Gasteiger partial charge in [0.25, 0.3) is 0 Å². The van der Waals surface area contributed by atoms with Crippen molar-refractivity contribution in [3.05, 3.63) is 15.7 Å². The number of aromatic nitrogens is 4. The number of nitrogen functional groups attached to an aromatic ring is 1. The summed E-state index contributed by atoms with van der Waals surface area (Å²) in [6.07, 6.45) is 0. The SMILES string of the molecule is Nc1nc(=S)nc(-c2cscn2)[nH]1. The first-order valence-electron chi connectivity index (χ1n) is 3.38. The van der Waals surface area contributed by atoms with Crippen LogP contribution in [-0.4, -0.2) is 19.9 Å². The molecule has 2 rings (SSSR count). The van der Waals surface area contributed by atoms with Crippen LogP contribution in [0.25, 0.3) is 11.5 Å². The van der Waals surface area contributed by atoms with E-state index in [2.05, 4.69) is 19.9 Å². The number of rotatable bonds is 1. The monoisotopic (exact) mass is 211 g/mol. The molecule has 13 heavy (non-hydrogen) atoms. The highest BCUT2D eigenvalue weighted by Crippen LogP contribution is 2.13. The average molecular weight is 211 g/mol. The lowest BCUT2D eigenvalue weighted by Crippen LogP contribution is -1.99. The molecule has 0 aromatic carbocycles. The van der Waals surface area contributed by atoms with Gasteiger partial charge in [-0.3, -0.25) is 0 Å². The highest BCUT2D eigenvalue weighted by Gasteiger charge is 2.02. The van der Waals surface area contributed by atoms with E-state index in [9.17, 15) is 0 Å². The molecule has 0 aliphatic heterocycles. The summed E-state index contributed by atoms with van der Waals surface area (Å²) in [5.41, 5.74) is 7.91. The molecule has 66 valence electrons. The fourth-order valence-corrected chi connectivity index (χ4v) is 1.58. The van der Waals surface area contributed by atoms with Crippen molar-refractivity contribution >= 4 is 29.5 Å². The van der Waals surface area contributed by atoms with E-state index in [0.717, 1.165) is 5.69 Å². The summed E-state index contributed by atoms with van der Waals surface area (Å²) < 4.78 is 0.222. The van der Waals surface area contributed by atoms with Gasteiger partial charge in [-0.15, -0.1) is 11.3 Å². The van der Waals surface area contributed by atoms with Gasteiger partial charge in [-0.05, 0) is 12.2 Å². The fraction of sp³-hybridized carbons (Fsp3) is 0. The van der Waals surface area contributed by atoms with E-state index in [1.165, 1.54) is 11.3 Å². The second kappa shape index (κ2) is 3.19. The van der Waals surface area contributed by atoms with Crippen LogP contribution < -0.4 is 5.73 Å². The van der Waals surface area contributed by atoms with Gasteiger partial charge >= 0.3 is 0 Å². The van der Waals surface area contributed by atoms with Gasteiger partial charge in [-0.25, -0.2) is 4.98 Å². The highest BCUT2D eigenvalue weighted by atomic mass is 32.1. The van der Waals surface area contributed by atoms with E-state index in [4.69, 9.17) is 18.0 Å². The van der Waals surface area contributed by atoms with Crippen molar-refractivity contribution < 1.29 is 0 Å². The quantitative estimate of drug-likeness (QED) is 0.694. The van der Waals surface area contributed by atoms with Gasteiger partial charge in [0.05, 0.1) is 5.51 Å². The molecule has 0 atom stereocenters. The molecular weight excluding hydrogens is 206 g/mol. The first-order chi connectivity index (χ1) is 6.25. The van der Waals surface area contributed by atoms with Crippen LogP contribution in [0, 0.1) is 4.77 Å². The van der Waals surface area contributed by atoms with Gasteiger partial charge in [0.15, 0.2) is 5.82 Å². The zero-order chi connectivity index (χ0) is 9.26. The molecule has 3 N–H and O–H groups in total. The van der Waals surface area contributed by atoms with Crippen LogP contribution in [0.2, 0.25) is 0 Å². The summed E-state index contributed by atoms with van der Waals surface area (Å²) in [7, 11) is 0. The third kappa shape index (κ3) is 1.70. The number of hydrogen-bond donors (Lipinski definition) is 2. The molecule has 7 heteroatoms. The predicted octanol–water partition coefficient (Wildman–Crippen LogP) is 1.24. The van der Waals surface area contributed by atoms with Crippen LogP contribution in [0.15, 0.2) is 10.9 Å². The molecule has 0 saturated heterocycles. The van der Waals surface area contributed by atoms with Gasteiger partial charge in [0.2, 0.25) is 10.7 Å². The number of nitrogens with two attached hydrogens (primary N) is 1. The smallest absolute Gasteiger partial charge is 0.224 e. The second-order valence-corrected chi connectivity index (χ2v) is 3.32. The summed E-state index contributed by atoms with van der Waals surface area (Å²) in [4.78, 5) is 14.6. The number of H-pyrrole nitrogens is 1. The Kier molecular flexibility index (Phi) is 2.03. The van der Waals surface area contributed by atoms with E-state index >= 15 is 0 Å². The van der Waals surface area contributed by atoms with Gasteiger partial charge in [-0.2, -0.15) is 9.97 Å². The first-order valence-corrected chi connectivity index (χ1v) is 4.73. The van der Waals surface area contributed by atoms with E-state index in [-0.39, 0.29) is 10.7 Å². The van der Waals surface area contributed by atoms with Crippen LogP contribution in [0.3, 0.4) is 0 Å². The van der Waals surface area contributed by atoms with Crippen molar-refractivity contribution in [2.45, 2.75) is 0 Å². The van der Waals surface area contributed by atoms with Crippen LogP contribution in [0.4, 0.5) is 5.95 Å². The topological polar surface area (TPSA) is 80.5 Å². The number of nitrogens with one attached hydrogen (secondary N) is 1. The van der Waals surface area contributed by atoms with E-state index in [1.54, 1.807) is 5.51 Å². The molecule has 0 aliphatic carbocycles. The predicted molar refractivity (Wildman–Crippen MR) is 52.7 cm³/mol. The lowest BCUT2D eigenvalue weighted by Gasteiger charge is -1.96. The molecule has 0 bridgehead atoms. The maximum Gasteiger partial charge on any atom is 0.224 e. The van der Waals surface area contributed by atoms with Gasteiger partial charge < -0.3 is 10.7 Å². The van der Waals surface area contributed by atoms with Crippen LogP contribution in [0.1, 0.15) is 0 Å². The average Bonchev–Trinajstić information content (AvgIpc) is 2.53. The Hall–Kier alpha value is -1.34. The molecule has 0 saturated carbocycles. The van der Waals surface area contributed by atoms with E-state index < -0.39 is 0 Å². The van der Waals surface area contributed by atoms with Crippen molar-refractivity contribution in [3.63, 3.8) is 0 Å². The number of aromatic amines is 1. The Morgan fingerprint density at radius 2 is 2.31 bits per heavy atom. The van der Waals surface area contributed by atoms with Crippen molar-refractivity contribution in [2.75, 3.05) is 5.73 Å². The zero-order valence-corrected chi connectivity index (χ0v) is 8.02. The largest absolute Gasteiger partial charge is 0.369 e. The standard InChI is InChI=1S/C6H5N5S2/c7-5-9-4(10-6(12)11-5)3-1-13-2-8-3/h1-2H,(H3,7,9,10,11,12). The summed E-state index contributed by atoms with van der Waals surface area (Å²) in [6.45, 7) is 0. The van der Waals surface area contributed by atoms with Crippen molar-refractivity contribution in [3.8, 4) is 11.5 Å². The van der Waals surface area contributed by atoms with Crippen LogP contribution in [-0.2, 0) is 0 Å². The molecule has 2 aromatic heterocycles. The van der Waals surface area contributed by atoms with Gasteiger partial charge in [-0.1, -0.05) is 0 Å². The Balaban J connectivity index is 2.59. The molecule has 0 radical (unpaired) electrons. The lowest BCUT2D eigenvalue weighted by atomic mass is 10.5. The minimum atomic E-state index is 0.222. The second-order valence-electron chi connectivity index (χ2n) is 2.24. The molecule has 5 nitrogen and oxygen atoms in total. The number of hydrogen-bond acceptors (Lipinski definition) is 6. The molecule has 0 aliphatic rings. The molecule has 2 aromatic rings. The molecule has 2 heterocycles. The maximum atomic E-state index is 5.47. The molecule has 0 unspecified atom stereocenters. The molecule has 0 fully saturated rings. The van der Waals surface area contributed by atoms with Crippen LogP contribution in [0.5, 0.6) is 0 Å². The number of thiazole rings is 1. The van der Waals surface area contributed by atoms with Gasteiger partial charge in [0.1, 0.15) is 5.69 Å². The normalized spacial score (nSPS) is 10.2. The lowest BCUT2D eigenvalue weighted by molar-refractivity contribution is 1.04. The summed E-state index contributed by atoms with van der Waals surface area (Å²) in [6, 6.07) is 0. The third-order valence-electron chi connectivity index (χ3n) is 1.34. The first kappa shape index (κ1) is 8.27. The minimum absolute atomic E-state index is 0.222. The van der Waals surface area contributed by atoms with Crippen molar-refractivity contribution in [1.82, 2.24) is 19.9 Å². The Morgan fingerprint density at radius 1 is 1.46 bits per heavy atom. The Labute approximate surface area is 82.7 Å². The van der Waals surface area contributed by atoms with Gasteiger partial charge in [0, 0.05) is 5.38 Å². The van der Waals surface area contributed by atoms with E-state index in [0.29, 0.717) is 5.82 Å². The fourth-order valence-electron chi connectivity index (χ4n) is 0.852. The van der Waals surface area contributed by atoms with E-state index in [1.807, 2.05) is 5.38 Å². The molecular formula is C6H5N5S2. The molecule has 0 spiro atoms. The van der Waals surface area contributed by atoms with Crippen molar-refractivity contribution in [2.24, 2.45) is 0 Å². The molecule has 0 amide bonds. The highest BCUT2D eigenvalue weighted by molar-refractivity contribution is 7.71. The number of anilines is 1. The summed E-state index contributed by atoms with van der Waals surface area (Å²) >= 11 is 6.29. The minimum Gasteiger partial charge on any atom is -0.369 e. The summed E-state index contributed by atoms with van der Waals surface area (Å²) in [5.74, 6) is 0.807. The maximum absolute atomic E-state index is 5.47. The Morgan fingerprint density at radius 3 is 2.92 bits per heavy atom. The van der Waals surface area contributed by atoms with Crippen LogP contribution >= 0.6 is 23.6 Å². The zero-order valence-electron chi connectivity index (χ0n) is 6.39. The van der Waals surface area contributed by atoms with Crippen molar-refractivity contribution in [1.29, 1.82) is 0 Å².